The van der Waals surface area contributed by atoms with Crippen LogP contribution in [0, 0.1) is 0 Å². The second kappa shape index (κ2) is 9.33. The molecular formula is C13H26N2O6S2. The maximum absolute atomic E-state index is 12.2. The van der Waals surface area contributed by atoms with Gasteiger partial charge in [0.2, 0.25) is 5.91 Å². The van der Waals surface area contributed by atoms with Gasteiger partial charge in [-0.3, -0.25) is 9.59 Å². The maximum Gasteiger partial charge on any atom is 0.237 e. The number of Topliss-reactive ketones (excluding diaryl/α,β-unsaturated/α-hetero) is 1. The molecule has 0 aromatic carbocycles. The van der Waals surface area contributed by atoms with Crippen LogP contribution in [-0.4, -0.2) is 71.7 Å². The standard InChI is InChI=1S/C13H26N2O6S2/c1-5-12(16)10(6-8-22(3,18)19)15-13(17)11(14-2)7-9-23(4,20)21/h10-11,14H,5-9H2,1-4H3,(H,15,17)/t10-,11-/m0/s1. The van der Waals surface area contributed by atoms with Crippen molar-refractivity contribution in [2.75, 3.05) is 31.1 Å². The number of hydrogen-bond donors (Lipinski definition) is 2. The van der Waals surface area contributed by atoms with Gasteiger partial charge in [-0.1, -0.05) is 6.92 Å². The Hall–Kier alpha value is -1.00. The lowest BCUT2D eigenvalue weighted by Crippen LogP contribution is -2.50. The SMILES string of the molecule is CCC(=O)[C@H](CCS(C)(=O)=O)NC(=O)[C@H](CCS(C)(=O)=O)NC. The highest BCUT2D eigenvalue weighted by Crippen LogP contribution is 2.03. The molecule has 0 unspecified atom stereocenters. The van der Waals surface area contributed by atoms with Crippen LogP contribution < -0.4 is 10.6 Å². The Balaban J connectivity index is 4.87. The van der Waals surface area contributed by atoms with E-state index in [1.54, 1.807) is 6.92 Å². The third-order valence-electron chi connectivity index (χ3n) is 3.27. The summed E-state index contributed by atoms with van der Waals surface area (Å²) in [6.07, 6.45) is 2.38. The van der Waals surface area contributed by atoms with E-state index < -0.39 is 37.7 Å². The van der Waals surface area contributed by atoms with Crippen LogP contribution in [0.2, 0.25) is 0 Å². The van der Waals surface area contributed by atoms with Gasteiger partial charge in [0.1, 0.15) is 19.7 Å². The van der Waals surface area contributed by atoms with Gasteiger partial charge < -0.3 is 10.6 Å². The minimum atomic E-state index is -3.25. The van der Waals surface area contributed by atoms with Gasteiger partial charge in [0.25, 0.3) is 0 Å². The van der Waals surface area contributed by atoms with Gasteiger partial charge in [0.05, 0.1) is 23.6 Å². The average molecular weight is 370 g/mol. The Morgan fingerprint density at radius 3 is 1.70 bits per heavy atom. The van der Waals surface area contributed by atoms with Crippen molar-refractivity contribution in [3.8, 4) is 0 Å². The molecule has 8 nitrogen and oxygen atoms in total. The largest absolute Gasteiger partial charge is 0.345 e. The number of carbonyl (C=O) groups excluding carboxylic acids is 2. The summed E-state index contributed by atoms with van der Waals surface area (Å²) in [5.41, 5.74) is 0. The summed E-state index contributed by atoms with van der Waals surface area (Å²) >= 11 is 0. The van der Waals surface area contributed by atoms with Crippen LogP contribution in [0.15, 0.2) is 0 Å². The van der Waals surface area contributed by atoms with Gasteiger partial charge >= 0.3 is 0 Å². The number of ketones is 1. The molecule has 0 spiro atoms. The van der Waals surface area contributed by atoms with Crippen molar-refractivity contribution in [2.24, 2.45) is 0 Å². The zero-order valence-corrected chi connectivity index (χ0v) is 15.6. The van der Waals surface area contributed by atoms with Crippen molar-refractivity contribution in [3.05, 3.63) is 0 Å². The minimum Gasteiger partial charge on any atom is -0.345 e. The van der Waals surface area contributed by atoms with Crippen LogP contribution >= 0.6 is 0 Å². The van der Waals surface area contributed by atoms with Crippen LogP contribution in [0.4, 0.5) is 0 Å². The molecular weight excluding hydrogens is 344 g/mol. The summed E-state index contributed by atoms with van der Waals surface area (Å²) in [5, 5.41) is 5.22. The van der Waals surface area contributed by atoms with Crippen molar-refractivity contribution >= 4 is 31.4 Å². The summed E-state index contributed by atoms with van der Waals surface area (Å²) in [7, 11) is -4.95. The zero-order valence-electron chi connectivity index (χ0n) is 14.0. The predicted molar refractivity (Wildman–Crippen MR) is 88.7 cm³/mol. The van der Waals surface area contributed by atoms with E-state index in [1.807, 2.05) is 0 Å². The monoisotopic (exact) mass is 370 g/mol. The summed E-state index contributed by atoms with van der Waals surface area (Å²) in [4.78, 5) is 24.0. The number of amides is 1. The van der Waals surface area contributed by atoms with Gasteiger partial charge in [0.15, 0.2) is 5.78 Å². The van der Waals surface area contributed by atoms with E-state index in [9.17, 15) is 26.4 Å². The molecule has 0 saturated heterocycles. The molecule has 1 amide bonds. The van der Waals surface area contributed by atoms with E-state index in [0.29, 0.717) is 0 Å². The number of rotatable bonds is 11. The first-order valence-electron chi connectivity index (χ1n) is 7.25. The van der Waals surface area contributed by atoms with Crippen LogP contribution in [0.1, 0.15) is 26.2 Å². The number of hydrogen-bond acceptors (Lipinski definition) is 7. The third kappa shape index (κ3) is 10.4. The molecule has 23 heavy (non-hydrogen) atoms. The van der Waals surface area contributed by atoms with Gasteiger partial charge in [-0.05, 0) is 19.9 Å². The number of likely N-dealkylation sites (N-methyl/N-ethyl adjacent to an activating group) is 1. The summed E-state index contributed by atoms with van der Waals surface area (Å²) in [5.74, 6) is -1.16. The van der Waals surface area contributed by atoms with Crippen molar-refractivity contribution < 1.29 is 26.4 Å². The first kappa shape index (κ1) is 22.0. The molecule has 136 valence electrons. The van der Waals surface area contributed by atoms with Gasteiger partial charge in [0, 0.05) is 18.9 Å². The molecule has 10 heteroatoms. The second-order valence-corrected chi connectivity index (χ2v) is 10.1. The van der Waals surface area contributed by atoms with Crippen molar-refractivity contribution in [1.29, 1.82) is 0 Å². The summed E-state index contributed by atoms with van der Waals surface area (Å²) < 4.78 is 44.8. The predicted octanol–water partition coefficient (Wildman–Crippen LogP) is -1.09. The molecule has 0 aromatic heterocycles. The molecule has 0 radical (unpaired) electrons. The fourth-order valence-electron chi connectivity index (χ4n) is 1.90. The van der Waals surface area contributed by atoms with Gasteiger partial charge in [-0.2, -0.15) is 0 Å². The first-order valence-corrected chi connectivity index (χ1v) is 11.4. The zero-order chi connectivity index (χ0) is 18.3. The molecule has 0 heterocycles. The van der Waals surface area contributed by atoms with E-state index >= 15 is 0 Å². The Morgan fingerprint density at radius 1 is 0.913 bits per heavy atom. The number of sulfone groups is 2. The summed E-state index contributed by atoms with van der Waals surface area (Å²) in [6.45, 7) is 1.63. The quantitative estimate of drug-likeness (QED) is 0.473. The Morgan fingerprint density at radius 2 is 1.35 bits per heavy atom. The molecule has 0 fully saturated rings. The smallest absolute Gasteiger partial charge is 0.237 e. The Bertz CT molecular complexity index is 612. The van der Waals surface area contributed by atoms with E-state index in [2.05, 4.69) is 10.6 Å². The second-order valence-electron chi connectivity index (χ2n) is 5.56. The van der Waals surface area contributed by atoms with E-state index in [1.165, 1.54) is 7.05 Å². The average Bonchev–Trinajstić information content (AvgIpc) is 2.40. The number of carbonyl (C=O) groups is 2. The van der Waals surface area contributed by atoms with E-state index in [-0.39, 0.29) is 36.6 Å². The fraction of sp³-hybridized carbons (Fsp3) is 0.846. The van der Waals surface area contributed by atoms with Crippen LogP contribution in [0.3, 0.4) is 0 Å². The van der Waals surface area contributed by atoms with Crippen LogP contribution in [0.25, 0.3) is 0 Å². The first-order chi connectivity index (χ1) is 10.4. The Labute approximate surface area is 138 Å². The molecule has 0 rings (SSSR count). The van der Waals surface area contributed by atoms with Crippen LogP contribution in [-0.2, 0) is 29.3 Å². The molecule has 0 bridgehead atoms. The van der Waals surface area contributed by atoms with Crippen molar-refractivity contribution in [1.82, 2.24) is 10.6 Å². The molecule has 0 aliphatic heterocycles. The lowest BCUT2D eigenvalue weighted by Gasteiger charge is -2.21. The lowest BCUT2D eigenvalue weighted by atomic mass is 10.1. The topological polar surface area (TPSA) is 126 Å². The van der Waals surface area contributed by atoms with Gasteiger partial charge in [-0.15, -0.1) is 0 Å². The maximum atomic E-state index is 12.2. The lowest BCUT2D eigenvalue weighted by molar-refractivity contribution is -0.128. The normalized spacial score (nSPS) is 15.0. The fourth-order valence-corrected chi connectivity index (χ4v) is 3.23. The van der Waals surface area contributed by atoms with Crippen molar-refractivity contribution in [3.63, 3.8) is 0 Å². The summed E-state index contributed by atoms with van der Waals surface area (Å²) in [6, 6.07) is -1.66. The Kier molecular flexibility index (Phi) is 8.93. The highest BCUT2D eigenvalue weighted by molar-refractivity contribution is 7.90. The highest BCUT2D eigenvalue weighted by atomic mass is 32.2. The highest BCUT2D eigenvalue weighted by Gasteiger charge is 2.25. The molecule has 0 aromatic rings. The third-order valence-corrected chi connectivity index (χ3v) is 5.23. The molecule has 2 atom stereocenters. The molecule has 0 aliphatic rings. The minimum absolute atomic E-state index is 0.000241. The van der Waals surface area contributed by atoms with Crippen LogP contribution in [0.5, 0.6) is 0 Å². The van der Waals surface area contributed by atoms with E-state index in [0.717, 1.165) is 12.5 Å². The number of nitrogens with one attached hydrogen (secondary N) is 2. The van der Waals surface area contributed by atoms with Gasteiger partial charge in [-0.25, -0.2) is 16.8 Å². The molecule has 2 N–H and O–H groups in total. The van der Waals surface area contributed by atoms with E-state index in [4.69, 9.17) is 0 Å². The molecule has 0 aliphatic carbocycles. The molecule has 0 saturated carbocycles. The van der Waals surface area contributed by atoms with Crippen molar-refractivity contribution in [2.45, 2.75) is 38.3 Å².